The van der Waals surface area contributed by atoms with Gasteiger partial charge < -0.3 is 10.3 Å². The predicted molar refractivity (Wildman–Crippen MR) is 61.7 cm³/mol. The van der Waals surface area contributed by atoms with Gasteiger partial charge in [0, 0.05) is 19.5 Å². The van der Waals surface area contributed by atoms with Gasteiger partial charge in [-0.2, -0.15) is 0 Å². The van der Waals surface area contributed by atoms with Gasteiger partial charge in [0.15, 0.2) is 0 Å². The number of aromatic nitrogens is 2. The van der Waals surface area contributed by atoms with Crippen LogP contribution in [0.4, 0.5) is 0 Å². The molecule has 0 radical (unpaired) electrons. The number of nitrogens with zero attached hydrogens (tertiary/aromatic N) is 2. The molecular weight excluding hydrogens is 186 g/mol. The fourth-order valence-electron chi connectivity index (χ4n) is 2.45. The summed E-state index contributed by atoms with van der Waals surface area (Å²) in [5, 5.41) is 0. The zero-order chi connectivity index (χ0) is 10.8. The smallest absolute Gasteiger partial charge is 0.108 e. The molecule has 0 saturated carbocycles. The first-order valence-electron chi connectivity index (χ1n) is 6.04. The van der Waals surface area contributed by atoms with Crippen LogP contribution in [0.5, 0.6) is 0 Å². The summed E-state index contributed by atoms with van der Waals surface area (Å²) in [6.07, 6.45) is 6.95. The Morgan fingerprint density at radius 1 is 1.53 bits per heavy atom. The largest absolute Gasteiger partial charge is 0.333 e. The molecule has 2 rings (SSSR count). The van der Waals surface area contributed by atoms with Crippen LogP contribution in [0.25, 0.3) is 0 Å². The van der Waals surface area contributed by atoms with Gasteiger partial charge in [0.1, 0.15) is 5.82 Å². The van der Waals surface area contributed by atoms with E-state index < -0.39 is 0 Å². The molecule has 0 aliphatic heterocycles. The lowest BCUT2D eigenvalue weighted by Gasteiger charge is -2.19. The molecule has 1 unspecified atom stereocenters. The minimum absolute atomic E-state index is 0.210. The predicted octanol–water partition coefficient (Wildman–Crippen LogP) is 2.10. The van der Waals surface area contributed by atoms with Crippen molar-refractivity contribution in [3.8, 4) is 0 Å². The van der Waals surface area contributed by atoms with Crippen molar-refractivity contribution in [3.63, 3.8) is 0 Å². The number of rotatable bonds is 3. The van der Waals surface area contributed by atoms with Gasteiger partial charge >= 0.3 is 0 Å². The van der Waals surface area contributed by atoms with Crippen molar-refractivity contribution < 1.29 is 0 Å². The molecule has 1 aliphatic rings. The van der Waals surface area contributed by atoms with Crippen LogP contribution in [-0.4, -0.2) is 9.55 Å². The third-order valence-corrected chi connectivity index (χ3v) is 3.34. The second-order valence-corrected chi connectivity index (χ2v) is 4.52. The van der Waals surface area contributed by atoms with Crippen molar-refractivity contribution in [2.45, 2.75) is 51.5 Å². The molecule has 3 heteroatoms. The number of aryl methyl sites for hydroxylation is 2. The van der Waals surface area contributed by atoms with E-state index in [1.54, 1.807) is 0 Å². The summed E-state index contributed by atoms with van der Waals surface area (Å²) in [6.45, 7) is 2.22. The van der Waals surface area contributed by atoms with Crippen LogP contribution < -0.4 is 5.73 Å². The summed E-state index contributed by atoms with van der Waals surface area (Å²) < 4.78 is 2.23. The van der Waals surface area contributed by atoms with Gasteiger partial charge in [-0.1, -0.05) is 13.3 Å². The van der Waals surface area contributed by atoms with E-state index in [2.05, 4.69) is 18.5 Å². The highest BCUT2D eigenvalue weighted by Crippen LogP contribution is 2.28. The van der Waals surface area contributed by atoms with Gasteiger partial charge in [-0.3, -0.25) is 0 Å². The summed E-state index contributed by atoms with van der Waals surface area (Å²) in [4.78, 5) is 4.72. The van der Waals surface area contributed by atoms with Crippen LogP contribution in [0, 0.1) is 0 Å². The Bertz CT molecular complexity index is 341. The summed E-state index contributed by atoms with van der Waals surface area (Å²) in [5.41, 5.74) is 8.67. The normalized spacial score (nSPS) is 20.3. The van der Waals surface area contributed by atoms with E-state index >= 15 is 0 Å². The van der Waals surface area contributed by atoms with Gasteiger partial charge in [0.2, 0.25) is 0 Å². The summed E-state index contributed by atoms with van der Waals surface area (Å²) in [5.74, 6) is 1.22. The van der Waals surface area contributed by atoms with E-state index in [-0.39, 0.29) is 6.04 Å². The molecule has 2 N–H and O–H groups in total. The first-order valence-corrected chi connectivity index (χ1v) is 6.04. The van der Waals surface area contributed by atoms with Gasteiger partial charge in [0.05, 0.1) is 11.4 Å². The molecule has 0 saturated heterocycles. The molecule has 0 spiro atoms. The number of hydrogen-bond donors (Lipinski definition) is 1. The Morgan fingerprint density at radius 2 is 2.33 bits per heavy atom. The van der Waals surface area contributed by atoms with Crippen LogP contribution in [0.3, 0.4) is 0 Å². The second-order valence-electron chi connectivity index (χ2n) is 4.52. The number of fused-ring (bicyclic) bond motifs is 1. The van der Waals surface area contributed by atoms with Crippen LogP contribution in [0.2, 0.25) is 0 Å². The molecule has 0 aromatic carbocycles. The van der Waals surface area contributed by atoms with Crippen molar-refractivity contribution in [2.75, 3.05) is 0 Å². The van der Waals surface area contributed by atoms with Crippen LogP contribution in [-0.2, 0) is 19.9 Å². The van der Waals surface area contributed by atoms with E-state index in [0.717, 1.165) is 19.3 Å². The van der Waals surface area contributed by atoms with Crippen molar-refractivity contribution in [1.82, 2.24) is 9.55 Å². The first-order chi connectivity index (χ1) is 7.24. The highest BCUT2D eigenvalue weighted by atomic mass is 15.1. The van der Waals surface area contributed by atoms with Crippen LogP contribution in [0.15, 0.2) is 0 Å². The lowest BCUT2D eigenvalue weighted by Crippen LogP contribution is -2.20. The minimum Gasteiger partial charge on any atom is -0.333 e. The molecule has 84 valence electrons. The van der Waals surface area contributed by atoms with Crippen molar-refractivity contribution in [2.24, 2.45) is 12.8 Å². The maximum absolute atomic E-state index is 6.13. The maximum Gasteiger partial charge on any atom is 0.108 e. The van der Waals surface area contributed by atoms with E-state index in [4.69, 9.17) is 10.7 Å². The monoisotopic (exact) mass is 207 g/mol. The zero-order valence-corrected chi connectivity index (χ0v) is 9.79. The number of nitrogens with two attached hydrogens (primary N) is 1. The Balaban J connectivity index is 2.27. The third-order valence-electron chi connectivity index (χ3n) is 3.34. The fourth-order valence-corrected chi connectivity index (χ4v) is 2.45. The molecule has 1 aliphatic carbocycles. The van der Waals surface area contributed by atoms with Crippen molar-refractivity contribution in [3.05, 3.63) is 17.2 Å². The minimum atomic E-state index is 0.210. The second kappa shape index (κ2) is 4.35. The highest BCUT2D eigenvalue weighted by Gasteiger charge is 2.23. The lowest BCUT2D eigenvalue weighted by molar-refractivity contribution is 0.533. The average Bonchev–Trinajstić information content (AvgIpc) is 2.54. The summed E-state index contributed by atoms with van der Waals surface area (Å²) in [6, 6.07) is 0.210. The molecule has 0 bridgehead atoms. The average molecular weight is 207 g/mol. The molecule has 3 nitrogen and oxygen atoms in total. The summed E-state index contributed by atoms with van der Waals surface area (Å²) in [7, 11) is 2.11. The van der Waals surface area contributed by atoms with E-state index in [1.807, 2.05) is 0 Å². The van der Waals surface area contributed by atoms with Crippen LogP contribution >= 0.6 is 0 Å². The lowest BCUT2D eigenvalue weighted by atomic mass is 9.97. The van der Waals surface area contributed by atoms with Gasteiger partial charge in [-0.05, 0) is 25.7 Å². The van der Waals surface area contributed by atoms with Gasteiger partial charge in [-0.25, -0.2) is 4.98 Å². The topological polar surface area (TPSA) is 43.8 Å². The molecule has 1 aromatic rings. The molecule has 1 heterocycles. The molecule has 15 heavy (non-hydrogen) atoms. The number of unbranched alkanes of at least 4 members (excludes halogenated alkanes) is 1. The molecule has 1 aromatic heterocycles. The van der Waals surface area contributed by atoms with Gasteiger partial charge in [0.25, 0.3) is 0 Å². The first kappa shape index (κ1) is 10.7. The van der Waals surface area contributed by atoms with E-state index in [9.17, 15) is 0 Å². The standard InChI is InChI=1S/C12H21N3/c1-3-4-8-11-14-10-7-5-6-9(13)12(10)15(11)2/h9H,3-8,13H2,1-2H3. The fraction of sp³-hybridized carbons (Fsp3) is 0.750. The molecule has 1 atom stereocenters. The Kier molecular flexibility index (Phi) is 3.10. The van der Waals surface area contributed by atoms with Crippen molar-refractivity contribution >= 4 is 0 Å². The SMILES string of the molecule is CCCCc1nc2c(n1C)C(N)CCC2. The Morgan fingerprint density at radius 3 is 3.00 bits per heavy atom. The third kappa shape index (κ3) is 1.93. The van der Waals surface area contributed by atoms with Crippen molar-refractivity contribution in [1.29, 1.82) is 0 Å². The number of hydrogen-bond acceptors (Lipinski definition) is 2. The molecule has 0 fully saturated rings. The van der Waals surface area contributed by atoms with Crippen LogP contribution in [0.1, 0.15) is 55.9 Å². The highest BCUT2D eigenvalue weighted by molar-refractivity contribution is 5.23. The summed E-state index contributed by atoms with van der Waals surface area (Å²) >= 11 is 0. The Labute approximate surface area is 91.7 Å². The van der Waals surface area contributed by atoms with E-state index in [0.29, 0.717) is 0 Å². The quantitative estimate of drug-likeness (QED) is 0.825. The van der Waals surface area contributed by atoms with E-state index in [1.165, 1.54) is 36.5 Å². The molecular formula is C12H21N3. The Hall–Kier alpha value is -0.830. The zero-order valence-electron chi connectivity index (χ0n) is 9.79. The number of imidazole rings is 1. The van der Waals surface area contributed by atoms with Gasteiger partial charge in [-0.15, -0.1) is 0 Å². The molecule has 0 amide bonds. The maximum atomic E-state index is 6.13.